The fourth-order valence-corrected chi connectivity index (χ4v) is 4.15. The molecule has 0 spiro atoms. The highest BCUT2D eigenvalue weighted by atomic mass is 79.9. The number of aromatic nitrogens is 2. The molecule has 0 radical (unpaired) electrons. The minimum Gasteiger partial charge on any atom is -0.312 e. The Morgan fingerprint density at radius 1 is 1.32 bits per heavy atom. The van der Waals surface area contributed by atoms with E-state index < -0.39 is 0 Å². The summed E-state index contributed by atoms with van der Waals surface area (Å²) >= 11 is 8.68. The van der Waals surface area contributed by atoms with Gasteiger partial charge in [-0.3, -0.25) is 4.98 Å². The molecule has 2 rings (SSSR count). The summed E-state index contributed by atoms with van der Waals surface area (Å²) in [6, 6.07) is 2.00. The van der Waals surface area contributed by atoms with E-state index >= 15 is 0 Å². The zero-order valence-corrected chi connectivity index (χ0v) is 14.8. The first-order chi connectivity index (χ1) is 9.15. The lowest BCUT2D eigenvalue weighted by Gasteiger charge is -1.99. The normalized spacial score (nSPS) is 10.9. The van der Waals surface area contributed by atoms with Gasteiger partial charge in [-0.2, -0.15) is 0 Å². The Morgan fingerprint density at radius 3 is 2.74 bits per heavy atom. The summed E-state index contributed by atoms with van der Waals surface area (Å²) in [6.45, 7) is 6.10. The molecule has 0 bridgehead atoms. The highest BCUT2D eigenvalue weighted by molar-refractivity contribution is 9.11. The third-order valence-corrected chi connectivity index (χ3v) is 4.80. The molecular weight excluding hydrogens is 390 g/mol. The van der Waals surface area contributed by atoms with Crippen molar-refractivity contribution in [3.8, 4) is 10.7 Å². The van der Waals surface area contributed by atoms with Crippen LogP contribution in [0.25, 0.3) is 10.7 Å². The molecule has 0 aliphatic carbocycles. The summed E-state index contributed by atoms with van der Waals surface area (Å²) in [5.41, 5.74) is 2.07. The smallest absolute Gasteiger partial charge is 0.143 e. The monoisotopic (exact) mass is 403 g/mol. The molecule has 2 heterocycles. The number of rotatable bonds is 5. The Bertz CT molecular complexity index is 569. The molecule has 0 aliphatic rings. The van der Waals surface area contributed by atoms with Crippen LogP contribution in [0.2, 0.25) is 0 Å². The molecule has 0 amide bonds. The number of nitrogens with zero attached hydrogens (tertiary/aromatic N) is 2. The Morgan fingerprint density at radius 2 is 2.11 bits per heavy atom. The first-order valence-corrected chi connectivity index (χ1v) is 8.56. The van der Waals surface area contributed by atoms with E-state index in [2.05, 4.69) is 56.0 Å². The molecule has 2 aromatic rings. The minimum absolute atomic E-state index is 0.880. The second-order valence-corrected chi connectivity index (χ2v) is 6.86. The van der Waals surface area contributed by atoms with Gasteiger partial charge in [0.1, 0.15) is 10.7 Å². The quantitative estimate of drug-likeness (QED) is 0.802. The van der Waals surface area contributed by atoms with Gasteiger partial charge < -0.3 is 5.32 Å². The predicted octanol–water partition coefficient (Wildman–Crippen LogP) is 4.40. The van der Waals surface area contributed by atoms with E-state index in [0.717, 1.165) is 44.9 Å². The Hall–Kier alpha value is -0.300. The Kier molecular flexibility index (Phi) is 5.50. The number of nitrogens with one attached hydrogen (secondary N) is 1. The maximum absolute atomic E-state index is 4.71. The molecular formula is C13H15Br2N3S. The number of hydrogen-bond acceptors (Lipinski definition) is 4. The van der Waals surface area contributed by atoms with Gasteiger partial charge in [0.2, 0.25) is 0 Å². The number of pyridine rings is 1. The first-order valence-electron chi connectivity index (χ1n) is 6.16. The molecule has 0 aromatic carbocycles. The summed E-state index contributed by atoms with van der Waals surface area (Å²) in [7, 11) is 0. The molecule has 0 fully saturated rings. The molecule has 0 aliphatic heterocycles. The van der Waals surface area contributed by atoms with Gasteiger partial charge >= 0.3 is 0 Å². The second kappa shape index (κ2) is 6.92. The minimum atomic E-state index is 0.880. The predicted molar refractivity (Wildman–Crippen MR) is 87.5 cm³/mol. The lowest BCUT2D eigenvalue weighted by molar-refractivity contribution is 0.727. The number of thiazole rings is 1. The lowest BCUT2D eigenvalue weighted by atomic mass is 10.3. The average Bonchev–Trinajstić information content (AvgIpc) is 2.79. The zero-order valence-electron chi connectivity index (χ0n) is 10.8. The maximum Gasteiger partial charge on any atom is 0.143 e. The van der Waals surface area contributed by atoms with E-state index in [1.54, 1.807) is 17.5 Å². The van der Waals surface area contributed by atoms with Gasteiger partial charge in [-0.25, -0.2) is 4.98 Å². The SMILES string of the molecule is CCNCc1sc(-c2ncc(Br)cc2Br)nc1CC. The van der Waals surface area contributed by atoms with Crippen molar-refractivity contribution in [2.75, 3.05) is 6.54 Å². The number of hydrogen-bond donors (Lipinski definition) is 1. The van der Waals surface area contributed by atoms with Crippen molar-refractivity contribution >= 4 is 43.2 Å². The van der Waals surface area contributed by atoms with Crippen LogP contribution in [-0.2, 0) is 13.0 Å². The third-order valence-electron chi connectivity index (χ3n) is 2.66. The molecule has 19 heavy (non-hydrogen) atoms. The van der Waals surface area contributed by atoms with Gasteiger partial charge in [0.05, 0.1) is 5.69 Å². The molecule has 2 aromatic heterocycles. The first kappa shape index (κ1) is 15.1. The van der Waals surface area contributed by atoms with Crippen molar-refractivity contribution in [3.05, 3.63) is 31.8 Å². The average molecular weight is 405 g/mol. The van der Waals surface area contributed by atoms with Crippen LogP contribution < -0.4 is 5.32 Å². The van der Waals surface area contributed by atoms with Crippen LogP contribution in [0.1, 0.15) is 24.4 Å². The zero-order chi connectivity index (χ0) is 13.8. The summed E-state index contributed by atoms with van der Waals surface area (Å²) in [5.74, 6) is 0. The fourth-order valence-electron chi connectivity index (χ4n) is 1.71. The van der Waals surface area contributed by atoms with E-state index in [1.165, 1.54) is 4.88 Å². The van der Waals surface area contributed by atoms with Crippen molar-refractivity contribution in [1.29, 1.82) is 0 Å². The van der Waals surface area contributed by atoms with Crippen LogP contribution in [0.5, 0.6) is 0 Å². The van der Waals surface area contributed by atoms with Gasteiger partial charge in [-0.05, 0) is 50.9 Å². The van der Waals surface area contributed by atoms with Crippen molar-refractivity contribution in [2.24, 2.45) is 0 Å². The highest BCUT2D eigenvalue weighted by Gasteiger charge is 2.14. The van der Waals surface area contributed by atoms with E-state index in [9.17, 15) is 0 Å². The maximum atomic E-state index is 4.71. The van der Waals surface area contributed by atoms with Gasteiger partial charge in [0, 0.05) is 26.6 Å². The Labute approximate surface area is 134 Å². The molecule has 3 nitrogen and oxygen atoms in total. The van der Waals surface area contributed by atoms with Crippen LogP contribution in [0.3, 0.4) is 0 Å². The van der Waals surface area contributed by atoms with Crippen molar-refractivity contribution in [1.82, 2.24) is 15.3 Å². The standard InChI is InChI=1S/C13H15Br2N3S/c1-3-10-11(7-16-4-2)19-13(18-10)12-9(15)5-8(14)6-17-12/h5-6,16H,3-4,7H2,1-2H3. The molecule has 0 atom stereocenters. The second-order valence-electron chi connectivity index (χ2n) is 4.01. The summed E-state index contributed by atoms with van der Waals surface area (Å²) in [5, 5.41) is 4.33. The summed E-state index contributed by atoms with van der Waals surface area (Å²) in [4.78, 5) is 10.5. The van der Waals surface area contributed by atoms with Crippen LogP contribution in [-0.4, -0.2) is 16.5 Å². The molecule has 102 valence electrons. The summed E-state index contributed by atoms with van der Waals surface area (Å²) in [6.07, 6.45) is 2.75. The highest BCUT2D eigenvalue weighted by Crippen LogP contribution is 2.33. The van der Waals surface area contributed by atoms with Crippen LogP contribution in [0, 0.1) is 0 Å². The molecule has 6 heteroatoms. The van der Waals surface area contributed by atoms with Crippen molar-refractivity contribution in [3.63, 3.8) is 0 Å². The Balaban J connectivity index is 2.36. The topological polar surface area (TPSA) is 37.8 Å². The van der Waals surface area contributed by atoms with E-state index in [0.29, 0.717) is 0 Å². The van der Waals surface area contributed by atoms with E-state index in [1.807, 2.05) is 6.07 Å². The molecule has 0 saturated heterocycles. The largest absolute Gasteiger partial charge is 0.312 e. The molecule has 0 unspecified atom stereocenters. The summed E-state index contributed by atoms with van der Waals surface area (Å²) < 4.78 is 1.93. The van der Waals surface area contributed by atoms with Gasteiger partial charge in [0.15, 0.2) is 0 Å². The van der Waals surface area contributed by atoms with Crippen LogP contribution >= 0.6 is 43.2 Å². The molecule has 1 N–H and O–H groups in total. The third kappa shape index (κ3) is 3.62. The van der Waals surface area contributed by atoms with E-state index in [4.69, 9.17) is 4.98 Å². The van der Waals surface area contributed by atoms with Gasteiger partial charge in [0.25, 0.3) is 0 Å². The van der Waals surface area contributed by atoms with Gasteiger partial charge in [-0.15, -0.1) is 11.3 Å². The van der Waals surface area contributed by atoms with Crippen molar-refractivity contribution in [2.45, 2.75) is 26.8 Å². The number of aryl methyl sites for hydroxylation is 1. The van der Waals surface area contributed by atoms with Crippen LogP contribution in [0.4, 0.5) is 0 Å². The number of halogens is 2. The van der Waals surface area contributed by atoms with Gasteiger partial charge in [-0.1, -0.05) is 13.8 Å². The molecule has 0 saturated carbocycles. The van der Waals surface area contributed by atoms with Crippen molar-refractivity contribution < 1.29 is 0 Å². The fraction of sp³-hybridized carbons (Fsp3) is 0.385. The van der Waals surface area contributed by atoms with E-state index in [-0.39, 0.29) is 0 Å². The lowest BCUT2D eigenvalue weighted by Crippen LogP contribution is -2.11. The van der Waals surface area contributed by atoms with Crippen LogP contribution in [0.15, 0.2) is 21.2 Å².